The van der Waals surface area contributed by atoms with E-state index in [0.717, 1.165) is 21.2 Å². The maximum atomic E-state index is 5.48. The molecule has 0 aliphatic rings. The van der Waals surface area contributed by atoms with Crippen molar-refractivity contribution >= 4 is 11.8 Å². The Morgan fingerprint density at radius 1 is 1.40 bits per heavy atom. The molecule has 0 saturated heterocycles. The first-order valence-electron chi connectivity index (χ1n) is 4.66. The van der Waals surface area contributed by atoms with Gasteiger partial charge >= 0.3 is 0 Å². The molecule has 3 nitrogen and oxygen atoms in total. The zero-order chi connectivity index (χ0) is 10.7. The normalized spacial score (nSPS) is 10.5. The predicted octanol–water partition coefficient (Wildman–Crippen LogP) is 2.59. The molecule has 0 radical (unpaired) electrons. The number of nitrogens with zero attached hydrogens (tertiary/aromatic N) is 1. The van der Waals surface area contributed by atoms with Crippen molar-refractivity contribution in [2.75, 3.05) is 0 Å². The zero-order valence-electron chi connectivity index (χ0n) is 8.43. The molecule has 0 aromatic carbocycles. The van der Waals surface area contributed by atoms with Gasteiger partial charge in [-0.05, 0) is 25.1 Å². The summed E-state index contributed by atoms with van der Waals surface area (Å²) in [7, 11) is 0. The minimum absolute atomic E-state index is 0.482. The van der Waals surface area contributed by atoms with Gasteiger partial charge in [0, 0.05) is 17.6 Å². The molecule has 2 aromatic rings. The molecule has 0 atom stereocenters. The molecule has 2 rings (SSSR count). The van der Waals surface area contributed by atoms with Gasteiger partial charge in [-0.15, -0.1) is 0 Å². The molecule has 2 aromatic heterocycles. The number of furan rings is 1. The Hall–Kier alpha value is -1.26. The summed E-state index contributed by atoms with van der Waals surface area (Å²) >= 11 is 1.64. The maximum absolute atomic E-state index is 5.48. The van der Waals surface area contributed by atoms with Crippen LogP contribution in [0.2, 0.25) is 0 Å². The summed E-state index contributed by atoms with van der Waals surface area (Å²) in [6.45, 7) is 2.43. The van der Waals surface area contributed by atoms with Gasteiger partial charge in [-0.2, -0.15) is 0 Å². The van der Waals surface area contributed by atoms with Gasteiger partial charge in [0.25, 0.3) is 0 Å². The Bertz CT molecular complexity index is 436. The van der Waals surface area contributed by atoms with Gasteiger partial charge in [0.15, 0.2) is 0 Å². The van der Waals surface area contributed by atoms with Gasteiger partial charge in [-0.3, -0.25) is 4.98 Å². The van der Waals surface area contributed by atoms with E-state index in [2.05, 4.69) is 4.98 Å². The minimum atomic E-state index is 0.482. The van der Waals surface area contributed by atoms with E-state index in [1.165, 1.54) is 0 Å². The second kappa shape index (κ2) is 4.51. The summed E-state index contributed by atoms with van der Waals surface area (Å²) < 4.78 is 5.22. The first-order chi connectivity index (χ1) is 7.29. The van der Waals surface area contributed by atoms with Gasteiger partial charge in [-0.25, -0.2) is 0 Å². The Balaban J connectivity index is 2.14. The molecular weight excluding hydrogens is 208 g/mol. The smallest absolute Gasteiger partial charge is 0.114 e. The summed E-state index contributed by atoms with van der Waals surface area (Å²) in [5.41, 5.74) is 6.38. The number of pyridine rings is 1. The van der Waals surface area contributed by atoms with Crippen molar-refractivity contribution in [1.82, 2.24) is 4.98 Å². The van der Waals surface area contributed by atoms with E-state index in [1.54, 1.807) is 18.0 Å². The second-order valence-corrected chi connectivity index (χ2v) is 4.25. The van der Waals surface area contributed by atoms with Crippen LogP contribution in [-0.4, -0.2) is 4.98 Å². The van der Waals surface area contributed by atoms with Crippen molar-refractivity contribution in [2.24, 2.45) is 5.73 Å². The summed E-state index contributed by atoms with van der Waals surface area (Å²) in [6.07, 6.45) is 3.53. The number of nitrogens with two attached hydrogens (primary N) is 1. The third kappa shape index (κ3) is 2.40. The van der Waals surface area contributed by atoms with Crippen molar-refractivity contribution in [1.29, 1.82) is 0 Å². The van der Waals surface area contributed by atoms with Gasteiger partial charge in [0.2, 0.25) is 0 Å². The molecule has 15 heavy (non-hydrogen) atoms. The van der Waals surface area contributed by atoms with Crippen LogP contribution in [0.3, 0.4) is 0 Å². The van der Waals surface area contributed by atoms with Crippen LogP contribution in [0.5, 0.6) is 0 Å². The topological polar surface area (TPSA) is 52.0 Å². The van der Waals surface area contributed by atoms with E-state index >= 15 is 0 Å². The third-order valence-electron chi connectivity index (χ3n) is 2.05. The lowest BCUT2D eigenvalue weighted by molar-refractivity contribution is 0.527. The molecule has 2 N–H and O–H groups in total. The van der Waals surface area contributed by atoms with E-state index < -0.39 is 0 Å². The molecule has 0 unspecified atom stereocenters. The fraction of sp³-hybridized carbons (Fsp3) is 0.182. The lowest BCUT2D eigenvalue weighted by atomic mass is 10.4. The van der Waals surface area contributed by atoms with Crippen LogP contribution in [0.25, 0.3) is 0 Å². The maximum Gasteiger partial charge on any atom is 0.114 e. The van der Waals surface area contributed by atoms with E-state index in [-0.39, 0.29) is 0 Å². The molecule has 2 heterocycles. The highest BCUT2D eigenvalue weighted by Crippen LogP contribution is 2.30. The van der Waals surface area contributed by atoms with E-state index in [0.29, 0.717) is 6.54 Å². The lowest BCUT2D eigenvalue weighted by Crippen LogP contribution is -1.98. The molecular formula is C11H12N2OS. The van der Waals surface area contributed by atoms with Crippen molar-refractivity contribution in [3.05, 3.63) is 42.1 Å². The standard InChI is InChI=1S/C11H12N2OS/c1-8-11(4-5-14-8)15-10-3-2-9(6-12)13-7-10/h2-5,7H,6,12H2,1H3. The van der Waals surface area contributed by atoms with E-state index in [4.69, 9.17) is 10.2 Å². The molecule has 0 fully saturated rings. The fourth-order valence-corrected chi connectivity index (χ4v) is 2.01. The zero-order valence-corrected chi connectivity index (χ0v) is 9.25. The fourth-order valence-electron chi connectivity index (χ4n) is 1.20. The predicted molar refractivity (Wildman–Crippen MR) is 59.7 cm³/mol. The summed E-state index contributed by atoms with van der Waals surface area (Å²) in [6, 6.07) is 5.92. The molecule has 0 spiro atoms. The van der Waals surface area contributed by atoms with Gasteiger partial charge < -0.3 is 10.2 Å². The number of hydrogen-bond acceptors (Lipinski definition) is 4. The second-order valence-electron chi connectivity index (χ2n) is 3.13. The third-order valence-corrected chi connectivity index (χ3v) is 3.17. The van der Waals surface area contributed by atoms with Gasteiger partial charge in [0.1, 0.15) is 5.76 Å². The Kier molecular flexibility index (Phi) is 3.08. The van der Waals surface area contributed by atoms with Gasteiger partial charge in [-0.1, -0.05) is 11.8 Å². The molecule has 0 aliphatic carbocycles. The largest absolute Gasteiger partial charge is 0.468 e. The average Bonchev–Trinajstić information content (AvgIpc) is 2.66. The van der Waals surface area contributed by atoms with Crippen molar-refractivity contribution in [2.45, 2.75) is 23.3 Å². The minimum Gasteiger partial charge on any atom is -0.468 e. The molecule has 4 heteroatoms. The highest BCUT2D eigenvalue weighted by Gasteiger charge is 2.03. The Labute approximate surface area is 92.7 Å². The summed E-state index contributed by atoms with van der Waals surface area (Å²) in [5.74, 6) is 0.933. The molecule has 0 aliphatic heterocycles. The first kappa shape index (κ1) is 10.3. The monoisotopic (exact) mass is 220 g/mol. The summed E-state index contributed by atoms with van der Waals surface area (Å²) in [5, 5.41) is 0. The number of hydrogen-bond donors (Lipinski definition) is 1. The molecule has 0 amide bonds. The van der Waals surface area contributed by atoms with E-state index in [9.17, 15) is 0 Å². The van der Waals surface area contributed by atoms with Crippen molar-refractivity contribution < 1.29 is 4.42 Å². The quantitative estimate of drug-likeness (QED) is 0.863. The average molecular weight is 220 g/mol. The van der Waals surface area contributed by atoms with Crippen LogP contribution in [0.15, 0.2) is 44.9 Å². The SMILES string of the molecule is Cc1occc1Sc1ccc(CN)nc1. The Morgan fingerprint density at radius 3 is 2.80 bits per heavy atom. The van der Waals surface area contributed by atoms with Crippen molar-refractivity contribution in [3.63, 3.8) is 0 Å². The highest BCUT2D eigenvalue weighted by molar-refractivity contribution is 7.99. The molecule has 0 saturated carbocycles. The van der Waals surface area contributed by atoms with Crippen molar-refractivity contribution in [3.8, 4) is 0 Å². The van der Waals surface area contributed by atoms with Crippen LogP contribution in [0, 0.1) is 6.92 Å². The van der Waals surface area contributed by atoms with Gasteiger partial charge in [0.05, 0.1) is 16.9 Å². The molecule has 78 valence electrons. The van der Waals surface area contributed by atoms with Crippen LogP contribution >= 0.6 is 11.8 Å². The number of aromatic nitrogens is 1. The lowest BCUT2D eigenvalue weighted by Gasteiger charge is -2.00. The Morgan fingerprint density at radius 2 is 2.27 bits per heavy atom. The number of rotatable bonds is 3. The molecule has 0 bridgehead atoms. The highest BCUT2D eigenvalue weighted by atomic mass is 32.2. The number of aryl methyl sites for hydroxylation is 1. The van der Waals surface area contributed by atoms with Crippen LogP contribution in [0.4, 0.5) is 0 Å². The van der Waals surface area contributed by atoms with Crippen LogP contribution < -0.4 is 5.73 Å². The summed E-state index contributed by atoms with van der Waals surface area (Å²) in [4.78, 5) is 6.45. The first-order valence-corrected chi connectivity index (χ1v) is 5.48. The van der Waals surface area contributed by atoms with E-state index in [1.807, 2.05) is 31.3 Å². The van der Waals surface area contributed by atoms with Crippen LogP contribution in [-0.2, 0) is 6.54 Å². The van der Waals surface area contributed by atoms with Crippen LogP contribution in [0.1, 0.15) is 11.5 Å².